The zero-order valence-electron chi connectivity index (χ0n) is 11.7. The Bertz CT molecular complexity index is 592. The van der Waals surface area contributed by atoms with E-state index in [9.17, 15) is 14.4 Å². The van der Waals surface area contributed by atoms with Crippen molar-refractivity contribution < 1.29 is 14.4 Å². The number of Topliss-reactive ketones (excluding diaryl/α,β-unsaturated/α-hetero) is 1. The summed E-state index contributed by atoms with van der Waals surface area (Å²) in [4.78, 5) is 38.5. The maximum Gasteiger partial charge on any atom is 0.233 e. The molecular weight excluding hydrogens is 266 g/mol. The first-order valence-electron chi connectivity index (χ1n) is 7.61. The highest BCUT2D eigenvalue weighted by molar-refractivity contribution is 6.12. The average molecular weight is 283 g/mol. The molecule has 4 heteroatoms. The Balaban J connectivity index is 1.52. The van der Waals surface area contributed by atoms with Crippen molar-refractivity contribution in [1.82, 2.24) is 4.90 Å². The van der Waals surface area contributed by atoms with Crippen molar-refractivity contribution in [1.29, 1.82) is 0 Å². The van der Waals surface area contributed by atoms with Crippen molar-refractivity contribution in [3.05, 3.63) is 35.9 Å². The smallest absolute Gasteiger partial charge is 0.233 e. The van der Waals surface area contributed by atoms with Crippen LogP contribution >= 0.6 is 0 Å². The molecule has 0 radical (unpaired) electrons. The van der Waals surface area contributed by atoms with Crippen LogP contribution in [0.1, 0.15) is 18.4 Å². The normalized spacial score (nSPS) is 33.9. The summed E-state index contributed by atoms with van der Waals surface area (Å²) in [6.07, 6.45) is 2.26. The van der Waals surface area contributed by atoms with Crippen molar-refractivity contribution in [3.8, 4) is 0 Å². The molecule has 3 fully saturated rings. The number of likely N-dealkylation sites (tertiary alicyclic amines) is 1. The number of carbonyl (C=O) groups excluding carboxylic acids is 3. The average Bonchev–Trinajstić information content (AvgIpc) is 3.09. The number of amides is 2. The summed E-state index contributed by atoms with van der Waals surface area (Å²) in [5, 5.41) is 0. The molecule has 21 heavy (non-hydrogen) atoms. The van der Waals surface area contributed by atoms with Gasteiger partial charge in [-0.25, -0.2) is 0 Å². The standard InChI is InChI=1S/C17H17NO3/c19-15-11-6-7-12(15)14-13(11)16(20)18(17(14)21)9-8-10-4-2-1-3-5-10/h1-5,11-14H,6-9H2/t11-,12+,13-,14+. The Morgan fingerprint density at radius 2 is 1.48 bits per heavy atom. The lowest BCUT2D eigenvalue weighted by molar-refractivity contribution is -0.142. The van der Waals surface area contributed by atoms with Crippen LogP contribution in [0, 0.1) is 23.7 Å². The summed E-state index contributed by atoms with van der Waals surface area (Å²) in [5.41, 5.74) is 1.12. The molecule has 2 saturated carbocycles. The quantitative estimate of drug-likeness (QED) is 0.789. The molecule has 1 aromatic rings. The summed E-state index contributed by atoms with van der Waals surface area (Å²) >= 11 is 0. The van der Waals surface area contributed by atoms with E-state index >= 15 is 0 Å². The minimum atomic E-state index is -0.348. The fourth-order valence-electron chi connectivity index (χ4n) is 4.36. The molecule has 0 spiro atoms. The van der Waals surface area contributed by atoms with E-state index in [0.29, 0.717) is 13.0 Å². The molecule has 4 atom stereocenters. The van der Waals surface area contributed by atoms with Gasteiger partial charge in [-0.05, 0) is 24.8 Å². The number of benzene rings is 1. The first kappa shape index (κ1) is 12.7. The van der Waals surface area contributed by atoms with Crippen molar-refractivity contribution in [2.45, 2.75) is 19.3 Å². The van der Waals surface area contributed by atoms with Gasteiger partial charge in [-0.1, -0.05) is 30.3 Å². The van der Waals surface area contributed by atoms with Crippen molar-refractivity contribution in [2.24, 2.45) is 23.7 Å². The molecule has 108 valence electrons. The summed E-state index contributed by atoms with van der Waals surface area (Å²) in [6.45, 7) is 0.433. The van der Waals surface area contributed by atoms with Gasteiger partial charge in [-0.3, -0.25) is 19.3 Å². The number of hydrogen-bond acceptors (Lipinski definition) is 3. The minimum absolute atomic E-state index is 0.110. The third kappa shape index (κ3) is 1.71. The molecule has 0 aromatic heterocycles. The number of fused-ring (bicyclic) bond motifs is 5. The van der Waals surface area contributed by atoms with Gasteiger partial charge in [-0.15, -0.1) is 0 Å². The number of rotatable bonds is 3. The first-order chi connectivity index (χ1) is 10.2. The van der Waals surface area contributed by atoms with Gasteiger partial charge in [0.15, 0.2) is 0 Å². The van der Waals surface area contributed by atoms with Crippen LogP contribution in [-0.2, 0) is 20.8 Å². The fraction of sp³-hybridized carbons (Fsp3) is 0.471. The Morgan fingerprint density at radius 1 is 0.905 bits per heavy atom. The summed E-state index contributed by atoms with van der Waals surface area (Å²) < 4.78 is 0. The van der Waals surface area contributed by atoms with Crippen molar-refractivity contribution in [2.75, 3.05) is 6.54 Å². The molecule has 2 bridgehead atoms. The second-order valence-corrected chi connectivity index (χ2v) is 6.31. The highest BCUT2D eigenvalue weighted by Crippen LogP contribution is 2.53. The van der Waals surface area contributed by atoms with Gasteiger partial charge in [0.1, 0.15) is 5.78 Å². The fourth-order valence-corrected chi connectivity index (χ4v) is 4.36. The van der Waals surface area contributed by atoms with Crippen molar-refractivity contribution >= 4 is 17.6 Å². The van der Waals surface area contributed by atoms with E-state index in [2.05, 4.69) is 0 Å². The number of hydrogen-bond donors (Lipinski definition) is 0. The monoisotopic (exact) mass is 283 g/mol. The van der Waals surface area contributed by atoms with Gasteiger partial charge in [0, 0.05) is 18.4 Å². The van der Waals surface area contributed by atoms with Crippen LogP contribution in [0.4, 0.5) is 0 Å². The van der Waals surface area contributed by atoms with Gasteiger partial charge in [0.05, 0.1) is 11.8 Å². The lowest BCUT2D eigenvalue weighted by atomic mass is 9.81. The van der Waals surface area contributed by atoms with Crippen LogP contribution in [0.3, 0.4) is 0 Å². The van der Waals surface area contributed by atoms with Gasteiger partial charge >= 0.3 is 0 Å². The number of carbonyl (C=O) groups is 3. The largest absolute Gasteiger partial charge is 0.299 e. The van der Waals surface area contributed by atoms with Crippen molar-refractivity contribution in [3.63, 3.8) is 0 Å². The van der Waals surface area contributed by atoms with Crippen LogP contribution in [0.2, 0.25) is 0 Å². The third-order valence-electron chi connectivity index (χ3n) is 5.34. The van der Waals surface area contributed by atoms with Crippen LogP contribution in [-0.4, -0.2) is 29.0 Å². The van der Waals surface area contributed by atoms with Crippen LogP contribution < -0.4 is 0 Å². The topological polar surface area (TPSA) is 54.5 Å². The van der Waals surface area contributed by atoms with Gasteiger partial charge in [0.2, 0.25) is 11.8 Å². The third-order valence-corrected chi connectivity index (χ3v) is 5.34. The van der Waals surface area contributed by atoms with Crippen LogP contribution in [0.25, 0.3) is 0 Å². The molecule has 4 nitrogen and oxygen atoms in total. The Labute approximate surface area is 123 Å². The second-order valence-electron chi connectivity index (χ2n) is 6.31. The maximum atomic E-state index is 12.5. The Hall–Kier alpha value is -1.97. The Kier molecular flexibility index (Phi) is 2.74. The van der Waals surface area contributed by atoms with Gasteiger partial charge in [-0.2, -0.15) is 0 Å². The van der Waals surface area contributed by atoms with E-state index in [-0.39, 0.29) is 41.3 Å². The number of imide groups is 1. The zero-order chi connectivity index (χ0) is 14.6. The lowest BCUT2D eigenvalue weighted by Crippen LogP contribution is -2.35. The summed E-state index contributed by atoms with van der Waals surface area (Å²) in [6, 6.07) is 9.86. The van der Waals surface area contributed by atoms with Crippen LogP contribution in [0.15, 0.2) is 30.3 Å². The van der Waals surface area contributed by atoms with E-state index in [0.717, 1.165) is 18.4 Å². The predicted molar refractivity (Wildman–Crippen MR) is 75.1 cm³/mol. The van der Waals surface area contributed by atoms with E-state index < -0.39 is 0 Å². The SMILES string of the molecule is O=C1[C@H]2CC[C@@H]1[C@H]1C(=O)N(CCc3ccccc3)C(=O)[C@H]12. The number of ketones is 1. The molecule has 2 aliphatic carbocycles. The molecule has 0 unspecified atom stereocenters. The molecule has 0 N–H and O–H groups in total. The molecule has 4 rings (SSSR count). The molecule has 1 saturated heterocycles. The highest BCUT2D eigenvalue weighted by Gasteiger charge is 2.64. The van der Waals surface area contributed by atoms with Gasteiger partial charge in [0.25, 0.3) is 0 Å². The van der Waals surface area contributed by atoms with E-state index in [4.69, 9.17) is 0 Å². The van der Waals surface area contributed by atoms with Crippen LogP contribution in [0.5, 0.6) is 0 Å². The zero-order valence-corrected chi connectivity index (χ0v) is 11.7. The summed E-state index contributed by atoms with van der Waals surface area (Å²) in [5.74, 6) is -1.12. The highest BCUT2D eigenvalue weighted by atomic mass is 16.2. The number of nitrogens with zero attached hydrogens (tertiary/aromatic N) is 1. The van der Waals surface area contributed by atoms with E-state index in [1.54, 1.807) is 0 Å². The molecule has 3 aliphatic rings. The van der Waals surface area contributed by atoms with E-state index in [1.165, 1.54) is 4.90 Å². The summed E-state index contributed by atoms with van der Waals surface area (Å²) in [7, 11) is 0. The minimum Gasteiger partial charge on any atom is -0.299 e. The lowest BCUT2D eigenvalue weighted by Gasteiger charge is -2.17. The molecule has 2 amide bonds. The molecule has 1 aromatic carbocycles. The molecular formula is C17H17NO3. The molecule has 1 heterocycles. The first-order valence-corrected chi connectivity index (χ1v) is 7.61. The predicted octanol–water partition coefficient (Wildman–Crippen LogP) is 1.44. The second kappa shape index (κ2) is 4.52. The Morgan fingerprint density at radius 3 is 2.05 bits per heavy atom. The molecule has 1 aliphatic heterocycles. The maximum absolute atomic E-state index is 12.5. The van der Waals surface area contributed by atoms with E-state index in [1.807, 2.05) is 30.3 Å². The van der Waals surface area contributed by atoms with Gasteiger partial charge < -0.3 is 0 Å².